The van der Waals surface area contributed by atoms with Gasteiger partial charge in [0.15, 0.2) is 5.82 Å². The minimum atomic E-state index is -0.806. The molecule has 1 aliphatic rings. The molecule has 1 amide bonds. The topological polar surface area (TPSA) is 41.6 Å². The number of likely N-dealkylation sites (tertiary alicyclic amines) is 1. The molecule has 27 heavy (non-hydrogen) atoms. The average molecular weight is 439 g/mol. The Morgan fingerprint density at radius 3 is 2.70 bits per heavy atom. The smallest absolute Gasteiger partial charge is 0.238 e. The Morgan fingerprint density at radius 2 is 2.04 bits per heavy atom. The van der Waals surface area contributed by atoms with Crippen LogP contribution in [0.5, 0.6) is 5.75 Å². The van der Waals surface area contributed by atoms with Crippen molar-refractivity contribution in [3.63, 3.8) is 0 Å². The van der Waals surface area contributed by atoms with Gasteiger partial charge >= 0.3 is 0 Å². The summed E-state index contributed by atoms with van der Waals surface area (Å²) in [5.74, 6) is -1.02. The summed E-state index contributed by atoms with van der Waals surface area (Å²) in [6.07, 6.45) is 1.94. The minimum Gasteiger partial charge on any atom is -0.494 e. The quantitative estimate of drug-likeness (QED) is 0.696. The van der Waals surface area contributed by atoms with Crippen molar-refractivity contribution in [1.82, 2.24) is 4.90 Å². The van der Waals surface area contributed by atoms with E-state index in [9.17, 15) is 13.6 Å². The van der Waals surface area contributed by atoms with E-state index in [-0.39, 0.29) is 28.7 Å². The molecule has 1 unspecified atom stereocenters. The molecule has 0 bridgehead atoms. The molecule has 0 aliphatic carbocycles. The lowest BCUT2D eigenvalue weighted by Crippen LogP contribution is -2.33. The highest BCUT2D eigenvalue weighted by atomic mass is 79.9. The Balaban J connectivity index is 1.66. The fraction of sp³-hybridized carbons (Fsp3) is 0.350. The third-order valence-corrected chi connectivity index (χ3v) is 5.18. The molecule has 1 N–H and O–H groups in total. The van der Waals surface area contributed by atoms with Gasteiger partial charge in [-0.05, 0) is 66.0 Å². The van der Waals surface area contributed by atoms with Gasteiger partial charge in [0.25, 0.3) is 0 Å². The predicted molar refractivity (Wildman–Crippen MR) is 104 cm³/mol. The van der Waals surface area contributed by atoms with Gasteiger partial charge in [0, 0.05) is 16.6 Å². The van der Waals surface area contributed by atoms with E-state index < -0.39 is 11.6 Å². The van der Waals surface area contributed by atoms with E-state index in [0.29, 0.717) is 6.61 Å². The van der Waals surface area contributed by atoms with Gasteiger partial charge in [-0.2, -0.15) is 0 Å². The van der Waals surface area contributed by atoms with Gasteiger partial charge in [0.1, 0.15) is 11.6 Å². The number of hydrogen-bond donors (Lipinski definition) is 1. The van der Waals surface area contributed by atoms with E-state index >= 15 is 0 Å². The predicted octanol–water partition coefficient (Wildman–Crippen LogP) is 4.90. The van der Waals surface area contributed by atoms with Gasteiger partial charge in [0.2, 0.25) is 5.91 Å². The zero-order chi connectivity index (χ0) is 19.4. The van der Waals surface area contributed by atoms with Gasteiger partial charge in [-0.25, -0.2) is 8.78 Å². The number of nitrogens with zero attached hydrogens (tertiary/aromatic N) is 1. The van der Waals surface area contributed by atoms with Crippen LogP contribution in [0.2, 0.25) is 0 Å². The minimum absolute atomic E-state index is 0.0433. The highest BCUT2D eigenvalue weighted by Crippen LogP contribution is 2.33. The van der Waals surface area contributed by atoms with Crippen molar-refractivity contribution in [2.24, 2.45) is 0 Å². The summed E-state index contributed by atoms with van der Waals surface area (Å²) < 4.78 is 32.8. The maximum absolute atomic E-state index is 13.9. The first kappa shape index (κ1) is 19.8. The molecule has 4 nitrogen and oxygen atoms in total. The fourth-order valence-electron chi connectivity index (χ4n) is 3.37. The molecule has 0 aromatic heterocycles. The second-order valence-electron chi connectivity index (χ2n) is 6.42. The van der Waals surface area contributed by atoms with Crippen LogP contribution in [-0.2, 0) is 4.79 Å². The Hall–Kier alpha value is -1.99. The first-order valence-corrected chi connectivity index (χ1v) is 9.68. The third-order valence-electron chi connectivity index (χ3n) is 4.56. The highest BCUT2D eigenvalue weighted by Gasteiger charge is 2.28. The number of carbonyl (C=O) groups excluding carboxylic acids is 1. The molecule has 2 aromatic rings. The second-order valence-corrected chi connectivity index (χ2v) is 7.28. The van der Waals surface area contributed by atoms with Crippen LogP contribution in [0.15, 0.2) is 40.9 Å². The fourth-order valence-corrected chi connectivity index (χ4v) is 3.88. The van der Waals surface area contributed by atoms with E-state index in [1.54, 1.807) is 0 Å². The SMILES string of the molecule is CCOc1ccc(C2CCCN2CC(=O)Nc2c(F)cc(F)cc2Br)cc1. The van der Waals surface area contributed by atoms with Crippen molar-refractivity contribution in [2.45, 2.75) is 25.8 Å². The zero-order valence-corrected chi connectivity index (χ0v) is 16.6. The number of amides is 1. The summed E-state index contributed by atoms with van der Waals surface area (Å²) in [5.41, 5.74) is 1.08. The molecule has 144 valence electrons. The van der Waals surface area contributed by atoms with Gasteiger partial charge in [-0.1, -0.05) is 12.1 Å². The third kappa shape index (κ3) is 4.84. The van der Waals surface area contributed by atoms with Crippen LogP contribution in [-0.4, -0.2) is 30.5 Å². The first-order valence-electron chi connectivity index (χ1n) is 8.89. The maximum Gasteiger partial charge on any atom is 0.238 e. The summed E-state index contributed by atoms with van der Waals surface area (Å²) >= 11 is 3.09. The molecular weight excluding hydrogens is 418 g/mol. The first-order chi connectivity index (χ1) is 13.0. The molecular formula is C20H21BrF2N2O2. The van der Waals surface area contributed by atoms with Crippen molar-refractivity contribution >= 4 is 27.5 Å². The molecule has 1 saturated heterocycles. The van der Waals surface area contributed by atoms with Crippen LogP contribution in [0, 0.1) is 11.6 Å². The molecule has 2 aromatic carbocycles. The Bertz CT molecular complexity index is 791. The Labute approximate surface area is 165 Å². The molecule has 0 radical (unpaired) electrons. The van der Waals surface area contributed by atoms with E-state index in [1.165, 1.54) is 0 Å². The maximum atomic E-state index is 13.9. The number of ether oxygens (including phenoxy) is 1. The monoisotopic (exact) mass is 438 g/mol. The largest absolute Gasteiger partial charge is 0.494 e. The van der Waals surface area contributed by atoms with E-state index in [1.807, 2.05) is 31.2 Å². The van der Waals surface area contributed by atoms with Crippen LogP contribution < -0.4 is 10.1 Å². The van der Waals surface area contributed by atoms with Crippen molar-refractivity contribution in [3.05, 3.63) is 58.1 Å². The van der Waals surface area contributed by atoms with Crippen molar-refractivity contribution in [2.75, 3.05) is 25.0 Å². The molecule has 1 aliphatic heterocycles. The van der Waals surface area contributed by atoms with Crippen LogP contribution in [0.4, 0.5) is 14.5 Å². The summed E-state index contributed by atoms with van der Waals surface area (Å²) in [6.45, 7) is 3.48. The lowest BCUT2D eigenvalue weighted by Gasteiger charge is -2.24. The van der Waals surface area contributed by atoms with Crippen LogP contribution in [0.25, 0.3) is 0 Å². The average Bonchev–Trinajstić information content (AvgIpc) is 3.07. The molecule has 1 heterocycles. The van der Waals surface area contributed by atoms with Crippen molar-refractivity contribution < 1.29 is 18.3 Å². The van der Waals surface area contributed by atoms with Gasteiger partial charge < -0.3 is 10.1 Å². The van der Waals surface area contributed by atoms with Crippen LogP contribution in [0.1, 0.15) is 31.4 Å². The lowest BCUT2D eigenvalue weighted by atomic mass is 10.0. The lowest BCUT2D eigenvalue weighted by molar-refractivity contribution is -0.117. The van der Waals surface area contributed by atoms with Crippen molar-refractivity contribution in [3.8, 4) is 5.75 Å². The summed E-state index contributed by atoms with van der Waals surface area (Å²) in [6, 6.07) is 9.90. The van der Waals surface area contributed by atoms with Gasteiger partial charge in [0.05, 0.1) is 18.8 Å². The number of nitrogens with one attached hydrogen (secondary N) is 1. The number of benzene rings is 2. The molecule has 1 fully saturated rings. The van der Waals surface area contributed by atoms with Gasteiger partial charge in [-0.3, -0.25) is 9.69 Å². The Kier molecular flexibility index (Phi) is 6.44. The second kappa shape index (κ2) is 8.80. The molecule has 3 rings (SSSR count). The van der Waals surface area contributed by atoms with E-state index in [2.05, 4.69) is 26.1 Å². The standard InChI is InChI=1S/C20H21BrF2N2O2/c1-2-27-15-7-5-13(6-8-15)18-4-3-9-25(18)12-19(26)24-20-16(21)10-14(22)11-17(20)23/h5-8,10-11,18H,2-4,9,12H2,1H3,(H,24,26). The summed E-state index contributed by atoms with van der Waals surface area (Å²) in [7, 11) is 0. The number of carbonyl (C=O) groups is 1. The Morgan fingerprint density at radius 1 is 1.30 bits per heavy atom. The number of halogens is 3. The summed E-state index contributed by atoms with van der Waals surface area (Å²) in [5, 5.41) is 2.54. The zero-order valence-electron chi connectivity index (χ0n) is 15.0. The van der Waals surface area contributed by atoms with E-state index in [4.69, 9.17) is 4.74 Å². The van der Waals surface area contributed by atoms with Gasteiger partial charge in [-0.15, -0.1) is 0 Å². The van der Waals surface area contributed by atoms with Crippen LogP contribution >= 0.6 is 15.9 Å². The normalized spacial score (nSPS) is 17.1. The molecule has 0 spiro atoms. The van der Waals surface area contributed by atoms with Crippen molar-refractivity contribution in [1.29, 1.82) is 0 Å². The van der Waals surface area contributed by atoms with E-state index in [0.717, 1.165) is 42.8 Å². The molecule has 1 atom stereocenters. The molecule has 7 heteroatoms. The number of anilines is 1. The highest BCUT2D eigenvalue weighted by molar-refractivity contribution is 9.10. The van der Waals surface area contributed by atoms with Crippen LogP contribution in [0.3, 0.4) is 0 Å². The number of rotatable bonds is 6. The summed E-state index contributed by atoms with van der Waals surface area (Å²) in [4.78, 5) is 14.5. The number of hydrogen-bond acceptors (Lipinski definition) is 3. The molecule has 0 saturated carbocycles.